The van der Waals surface area contributed by atoms with Crippen LogP contribution in [-0.2, 0) is 9.59 Å². The van der Waals surface area contributed by atoms with Crippen molar-refractivity contribution in [3.05, 3.63) is 70.5 Å². The standard InChI is InChI=1S/C29H36FN3O2S/c1-18(2)28(31)29(35)33(5)14-13-32(4)27(34)17-25-19(3)24(23-12-9-21(30)16-26(23)25)15-20-7-10-22(36-6)11-8-20/h7-12,15-16,18,28H,13-14,17,31H2,1-6H3/b24-15-/t28-/m0/s1. The molecule has 5 nitrogen and oxygen atoms in total. The molecule has 0 aliphatic heterocycles. The number of carbonyl (C=O) groups is 2. The zero-order chi connectivity index (χ0) is 26.6. The molecule has 0 spiro atoms. The molecule has 1 aliphatic rings. The molecule has 2 aromatic rings. The second-order valence-corrected chi connectivity index (χ2v) is 10.5. The number of likely N-dealkylation sites (N-methyl/N-ethyl adjacent to an activating group) is 2. The molecule has 2 N–H and O–H groups in total. The minimum Gasteiger partial charge on any atom is -0.344 e. The number of nitrogens with zero attached hydrogens (tertiary/aromatic N) is 2. The molecule has 0 saturated heterocycles. The number of hydrogen-bond donors (Lipinski definition) is 1. The van der Waals surface area contributed by atoms with Gasteiger partial charge in [-0.3, -0.25) is 9.59 Å². The van der Waals surface area contributed by atoms with E-state index in [1.165, 1.54) is 17.0 Å². The van der Waals surface area contributed by atoms with Crippen LogP contribution in [0, 0.1) is 11.7 Å². The van der Waals surface area contributed by atoms with Crippen molar-refractivity contribution >= 4 is 40.8 Å². The Balaban J connectivity index is 1.79. The van der Waals surface area contributed by atoms with Crippen LogP contribution in [0.5, 0.6) is 0 Å². The van der Waals surface area contributed by atoms with Gasteiger partial charge < -0.3 is 15.5 Å². The van der Waals surface area contributed by atoms with Crippen LogP contribution >= 0.6 is 11.8 Å². The Hall–Kier alpha value is -2.90. The highest BCUT2D eigenvalue weighted by Crippen LogP contribution is 2.44. The van der Waals surface area contributed by atoms with Gasteiger partial charge in [-0.05, 0) is 82.8 Å². The summed E-state index contributed by atoms with van der Waals surface area (Å²) >= 11 is 1.69. The minimum absolute atomic E-state index is 0.0442. The number of carbonyl (C=O) groups excluding carboxylic acids is 2. The fourth-order valence-corrected chi connectivity index (χ4v) is 4.62. The molecule has 3 rings (SSSR count). The quantitative estimate of drug-likeness (QED) is 0.474. The van der Waals surface area contributed by atoms with Gasteiger partial charge in [-0.15, -0.1) is 11.8 Å². The highest BCUT2D eigenvalue weighted by Gasteiger charge is 2.27. The molecular formula is C29H36FN3O2S. The lowest BCUT2D eigenvalue weighted by molar-refractivity contribution is -0.134. The van der Waals surface area contributed by atoms with E-state index in [0.717, 1.165) is 33.4 Å². The highest BCUT2D eigenvalue weighted by molar-refractivity contribution is 7.98. The number of nitrogens with two attached hydrogens (primary N) is 1. The second-order valence-electron chi connectivity index (χ2n) is 9.65. The number of benzene rings is 2. The number of amides is 2. The molecule has 1 aliphatic carbocycles. The van der Waals surface area contributed by atoms with E-state index in [0.29, 0.717) is 13.1 Å². The van der Waals surface area contributed by atoms with Gasteiger partial charge in [0.2, 0.25) is 11.8 Å². The van der Waals surface area contributed by atoms with Crippen LogP contribution in [0.3, 0.4) is 0 Å². The van der Waals surface area contributed by atoms with Crippen molar-refractivity contribution in [3.8, 4) is 0 Å². The van der Waals surface area contributed by atoms with Gasteiger partial charge >= 0.3 is 0 Å². The molecular weight excluding hydrogens is 473 g/mol. The number of thioether (sulfide) groups is 1. The summed E-state index contributed by atoms with van der Waals surface area (Å²) in [6, 6.07) is 12.5. The predicted molar refractivity (Wildman–Crippen MR) is 148 cm³/mol. The number of hydrogen-bond acceptors (Lipinski definition) is 4. The molecule has 36 heavy (non-hydrogen) atoms. The largest absolute Gasteiger partial charge is 0.344 e. The molecule has 0 saturated carbocycles. The summed E-state index contributed by atoms with van der Waals surface area (Å²) in [6.45, 7) is 6.59. The molecule has 1 atom stereocenters. The maximum absolute atomic E-state index is 14.2. The van der Waals surface area contributed by atoms with E-state index >= 15 is 0 Å². The first-order valence-electron chi connectivity index (χ1n) is 12.1. The van der Waals surface area contributed by atoms with E-state index in [1.807, 2.05) is 27.0 Å². The lowest BCUT2D eigenvalue weighted by Gasteiger charge is -2.26. The monoisotopic (exact) mass is 509 g/mol. The molecule has 0 unspecified atom stereocenters. The Morgan fingerprint density at radius 3 is 2.28 bits per heavy atom. The smallest absolute Gasteiger partial charge is 0.239 e. The molecule has 0 bridgehead atoms. The molecule has 0 radical (unpaired) electrons. The van der Waals surface area contributed by atoms with Crippen LogP contribution in [0.25, 0.3) is 17.2 Å². The van der Waals surface area contributed by atoms with E-state index in [1.54, 1.807) is 41.7 Å². The second kappa shape index (κ2) is 11.9. The average Bonchev–Trinajstić information content (AvgIpc) is 3.11. The van der Waals surface area contributed by atoms with E-state index in [9.17, 15) is 14.0 Å². The van der Waals surface area contributed by atoms with Crippen LogP contribution in [0.4, 0.5) is 4.39 Å². The Morgan fingerprint density at radius 2 is 1.67 bits per heavy atom. The van der Waals surface area contributed by atoms with Gasteiger partial charge in [0.25, 0.3) is 0 Å². The SMILES string of the molecule is CSc1ccc(/C=C2/C(C)=C(CC(=O)N(C)CCN(C)C(=O)[C@@H](N)C(C)C)c3cc(F)ccc32)cc1. The van der Waals surface area contributed by atoms with Crippen molar-refractivity contribution in [1.29, 1.82) is 0 Å². The van der Waals surface area contributed by atoms with Crippen molar-refractivity contribution in [2.75, 3.05) is 33.4 Å². The number of halogens is 1. The molecule has 0 fully saturated rings. The van der Waals surface area contributed by atoms with Gasteiger partial charge in [-0.2, -0.15) is 0 Å². The van der Waals surface area contributed by atoms with Gasteiger partial charge in [-0.1, -0.05) is 32.0 Å². The molecule has 7 heteroatoms. The number of rotatable bonds is 9. The zero-order valence-electron chi connectivity index (χ0n) is 22.0. The summed E-state index contributed by atoms with van der Waals surface area (Å²) in [7, 11) is 3.43. The summed E-state index contributed by atoms with van der Waals surface area (Å²) in [5.74, 6) is -0.501. The van der Waals surface area contributed by atoms with E-state index in [-0.39, 0.29) is 30.0 Å². The van der Waals surface area contributed by atoms with Crippen molar-refractivity contribution in [2.24, 2.45) is 11.7 Å². The van der Waals surface area contributed by atoms with Crippen molar-refractivity contribution in [2.45, 2.75) is 38.1 Å². The van der Waals surface area contributed by atoms with E-state index < -0.39 is 6.04 Å². The highest BCUT2D eigenvalue weighted by atomic mass is 32.2. The van der Waals surface area contributed by atoms with Crippen LogP contribution in [0.2, 0.25) is 0 Å². The fraction of sp³-hybridized carbons (Fsp3) is 0.379. The normalized spacial score (nSPS) is 14.9. The van der Waals surface area contributed by atoms with Gasteiger partial charge in [0.15, 0.2) is 0 Å². The maximum atomic E-state index is 14.2. The van der Waals surface area contributed by atoms with Crippen LogP contribution in [0.1, 0.15) is 43.9 Å². The third-order valence-electron chi connectivity index (χ3n) is 6.78. The summed E-state index contributed by atoms with van der Waals surface area (Å²) in [5, 5.41) is 0. The summed E-state index contributed by atoms with van der Waals surface area (Å²) in [5.41, 5.74) is 11.5. The number of fused-ring (bicyclic) bond motifs is 1. The summed E-state index contributed by atoms with van der Waals surface area (Å²) < 4.78 is 14.2. The van der Waals surface area contributed by atoms with Crippen molar-refractivity contribution < 1.29 is 14.0 Å². The van der Waals surface area contributed by atoms with Crippen LogP contribution < -0.4 is 5.73 Å². The molecule has 2 amide bonds. The topological polar surface area (TPSA) is 66.6 Å². The Bertz CT molecular complexity index is 1190. The first kappa shape index (κ1) is 27.7. The van der Waals surface area contributed by atoms with Gasteiger partial charge in [-0.25, -0.2) is 4.39 Å². The van der Waals surface area contributed by atoms with Gasteiger partial charge in [0.1, 0.15) is 5.82 Å². The zero-order valence-corrected chi connectivity index (χ0v) is 22.8. The molecule has 0 heterocycles. The maximum Gasteiger partial charge on any atom is 0.239 e. The fourth-order valence-electron chi connectivity index (χ4n) is 4.21. The minimum atomic E-state index is -0.559. The first-order valence-corrected chi connectivity index (χ1v) is 13.4. The predicted octanol–water partition coefficient (Wildman–Crippen LogP) is 5.17. The third-order valence-corrected chi connectivity index (χ3v) is 7.53. The lowest BCUT2D eigenvalue weighted by atomic mass is 10.0. The molecule has 2 aromatic carbocycles. The lowest BCUT2D eigenvalue weighted by Crippen LogP contribution is -2.47. The summed E-state index contributed by atoms with van der Waals surface area (Å²) in [4.78, 5) is 30.0. The van der Waals surface area contributed by atoms with Crippen molar-refractivity contribution in [1.82, 2.24) is 9.80 Å². The number of allylic oxidation sites excluding steroid dienone is 2. The average molecular weight is 510 g/mol. The molecule has 192 valence electrons. The van der Waals surface area contributed by atoms with Crippen molar-refractivity contribution in [3.63, 3.8) is 0 Å². The Kier molecular flexibility index (Phi) is 9.14. The van der Waals surface area contributed by atoms with E-state index in [4.69, 9.17) is 5.73 Å². The van der Waals surface area contributed by atoms with Gasteiger partial charge in [0.05, 0.1) is 12.5 Å². The van der Waals surface area contributed by atoms with Gasteiger partial charge in [0, 0.05) is 32.1 Å². The molecule has 0 aromatic heterocycles. The van der Waals surface area contributed by atoms with Crippen LogP contribution in [0.15, 0.2) is 52.9 Å². The third kappa shape index (κ3) is 6.26. The first-order chi connectivity index (χ1) is 17.0. The Morgan fingerprint density at radius 1 is 1.03 bits per heavy atom. The Labute approximate surface area is 218 Å². The van der Waals surface area contributed by atoms with Crippen LogP contribution in [-0.4, -0.2) is 61.1 Å². The van der Waals surface area contributed by atoms with E-state index in [2.05, 4.69) is 30.3 Å². The summed E-state index contributed by atoms with van der Waals surface area (Å²) in [6.07, 6.45) is 4.29.